The molecule has 0 atom stereocenters. The maximum absolute atomic E-state index is 13.6. The third-order valence-corrected chi connectivity index (χ3v) is 3.89. The number of nitrogens with one attached hydrogen (secondary N) is 2. The Morgan fingerprint density at radius 2 is 1.81 bits per heavy atom. The quantitative estimate of drug-likeness (QED) is 0.671. The van der Waals surface area contributed by atoms with Crippen LogP contribution in [0.25, 0.3) is 0 Å². The Balaban J connectivity index is 1.52. The van der Waals surface area contributed by atoms with Crippen LogP contribution in [0.3, 0.4) is 0 Å². The molecule has 0 bridgehead atoms. The van der Waals surface area contributed by atoms with Gasteiger partial charge in [0.1, 0.15) is 11.6 Å². The predicted molar refractivity (Wildman–Crippen MR) is 101 cm³/mol. The van der Waals surface area contributed by atoms with Crippen molar-refractivity contribution in [2.45, 2.75) is 6.42 Å². The van der Waals surface area contributed by atoms with Crippen LogP contribution < -0.4 is 15.4 Å². The summed E-state index contributed by atoms with van der Waals surface area (Å²) < 4.78 is 18.7. The molecule has 3 rings (SSSR count). The van der Waals surface area contributed by atoms with Crippen molar-refractivity contribution in [3.8, 4) is 5.75 Å². The Kier molecular flexibility index (Phi) is 5.94. The van der Waals surface area contributed by atoms with Gasteiger partial charge >= 0.3 is 0 Å². The van der Waals surface area contributed by atoms with Crippen molar-refractivity contribution >= 4 is 17.4 Å². The number of aromatic nitrogens is 2. The van der Waals surface area contributed by atoms with Gasteiger partial charge in [0.05, 0.1) is 12.8 Å². The number of carbonyl (C=O) groups is 1. The van der Waals surface area contributed by atoms with Gasteiger partial charge in [0.15, 0.2) is 11.5 Å². The van der Waals surface area contributed by atoms with Crippen LogP contribution in [0.1, 0.15) is 16.1 Å². The average Bonchev–Trinajstić information content (AvgIpc) is 2.71. The first-order chi connectivity index (χ1) is 13.2. The minimum Gasteiger partial charge on any atom is -0.497 e. The van der Waals surface area contributed by atoms with Crippen molar-refractivity contribution in [3.05, 3.63) is 77.7 Å². The van der Waals surface area contributed by atoms with Crippen LogP contribution in [0, 0.1) is 5.82 Å². The zero-order valence-electron chi connectivity index (χ0n) is 14.8. The third kappa shape index (κ3) is 5.01. The molecule has 0 radical (unpaired) electrons. The highest BCUT2D eigenvalue weighted by molar-refractivity contribution is 5.92. The van der Waals surface area contributed by atoms with E-state index in [-0.39, 0.29) is 17.4 Å². The molecule has 2 aromatic carbocycles. The molecule has 7 heteroatoms. The number of rotatable bonds is 7. The minimum atomic E-state index is -0.389. The molecule has 0 saturated carbocycles. The number of hydrogen-bond donors (Lipinski definition) is 2. The SMILES string of the molecule is COc1ccc(CCNC(=O)c2ccc(Nc3ccccc3F)nn2)cc1. The van der Waals surface area contributed by atoms with Gasteiger partial charge in [-0.15, -0.1) is 10.2 Å². The highest BCUT2D eigenvalue weighted by atomic mass is 19.1. The number of anilines is 2. The largest absolute Gasteiger partial charge is 0.497 e. The van der Waals surface area contributed by atoms with Crippen LogP contribution in [0.4, 0.5) is 15.9 Å². The number of benzene rings is 2. The Morgan fingerprint density at radius 3 is 2.48 bits per heavy atom. The molecule has 6 nitrogen and oxygen atoms in total. The molecule has 0 saturated heterocycles. The monoisotopic (exact) mass is 366 g/mol. The Hall–Kier alpha value is -3.48. The van der Waals surface area contributed by atoms with Gasteiger partial charge < -0.3 is 15.4 Å². The standard InChI is InChI=1S/C20H19FN4O2/c1-27-15-8-6-14(7-9-15)12-13-22-20(26)18-10-11-19(25-24-18)23-17-5-3-2-4-16(17)21/h2-11H,12-13H2,1H3,(H,22,26)(H,23,25). The van der Waals surface area contributed by atoms with Gasteiger partial charge in [-0.3, -0.25) is 4.79 Å². The number of ether oxygens (including phenoxy) is 1. The minimum absolute atomic E-state index is 0.198. The van der Waals surface area contributed by atoms with Gasteiger partial charge in [0.2, 0.25) is 0 Å². The summed E-state index contributed by atoms with van der Waals surface area (Å²) in [6.45, 7) is 0.474. The molecule has 3 aromatic rings. The second kappa shape index (κ2) is 8.75. The van der Waals surface area contributed by atoms with Crippen molar-refractivity contribution in [2.24, 2.45) is 0 Å². The first-order valence-corrected chi connectivity index (χ1v) is 8.42. The molecule has 138 valence electrons. The van der Waals surface area contributed by atoms with E-state index >= 15 is 0 Å². The summed E-state index contributed by atoms with van der Waals surface area (Å²) in [7, 11) is 1.62. The van der Waals surface area contributed by atoms with E-state index in [1.165, 1.54) is 6.07 Å². The van der Waals surface area contributed by atoms with Gasteiger partial charge in [-0.2, -0.15) is 0 Å². The zero-order valence-corrected chi connectivity index (χ0v) is 14.8. The number of halogens is 1. The first-order valence-electron chi connectivity index (χ1n) is 8.42. The molecule has 1 amide bonds. The summed E-state index contributed by atoms with van der Waals surface area (Å²) in [5.41, 5.74) is 1.58. The molecule has 0 aliphatic carbocycles. The van der Waals surface area contributed by atoms with Gasteiger partial charge in [-0.25, -0.2) is 4.39 Å². The molecule has 1 heterocycles. The van der Waals surface area contributed by atoms with E-state index < -0.39 is 0 Å². The lowest BCUT2D eigenvalue weighted by Gasteiger charge is -2.07. The van der Waals surface area contributed by atoms with Crippen LogP contribution in [0.2, 0.25) is 0 Å². The van der Waals surface area contributed by atoms with Crippen molar-refractivity contribution in [1.29, 1.82) is 0 Å². The molecule has 0 unspecified atom stereocenters. The van der Waals surface area contributed by atoms with Gasteiger partial charge in [0.25, 0.3) is 5.91 Å². The molecular weight excluding hydrogens is 347 g/mol. The van der Waals surface area contributed by atoms with E-state index in [1.54, 1.807) is 37.4 Å². The molecule has 0 spiro atoms. The summed E-state index contributed by atoms with van der Waals surface area (Å²) in [5, 5.41) is 13.4. The van der Waals surface area contributed by atoms with E-state index in [2.05, 4.69) is 20.8 Å². The summed E-state index contributed by atoms with van der Waals surface area (Å²) in [6.07, 6.45) is 0.691. The van der Waals surface area contributed by atoms with Gasteiger partial charge in [-0.1, -0.05) is 24.3 Å². The summed E-state index contributed by atoms with van der Waals surface area (Å²) in [6, 6.07) is 17.0. The number of hydrogen-bond acceptors (Lipinski definition) is 5. The number of nitrogens with zero attached hydrogens (tertiary/aromatic N) is 2. The molecule has 27 heavy (non-hydrogen) atoms. The van der Waals surface area contributed by atoms with E-state index in [4.69, 9.17) is 4.74 Å². The van der Waals surface area contributed by atoms with Gasteiger partial charge in [0, 0.05) is 6.54 Å². The van der Waals surface area contributed by atoms with Crippen LogP contribution in [-0.2, 0) is 6.42 Å². The topological polar surface area (TPSA) is 76.1 Å². The van der Waals surface area contributed by atoms with E-state index in [0.29, 0.717) is 24.5 Å². The second-order valence-corrected chi connectivity index (χ2v) is 5.76. The predicted octanol–water partition coefficient (Wildman–Crippen LogP) is 3.34. The number of methoxy groups -OCH3 is 1. The van der Waals surface area contributed by atoms with Crippen LogP contribution >= 0.6 is 0 Å². The normalized spacial score (nSPS) is 10.3. The lowest BCUT2D eigenvalue weighted by Crippen LogP contribution is -2.26. The Labute approximate surface area is 156 Å². The molecular formula is C20H19FN4O2. The fraction of sp³-hybridized carbons (Fsp3) is 0.150. The second-order valence-electron chi connectivity index (χ2n) is 5.76. The zero-order chi connectivity index (χ0) is 19.1. The summed E-state index contributed by atoms with van der Waals surface area (Å²) in [4.78, 5) is 12.1. The average molecular weight is 366 g/mol. The first kappa shape index (κ1) is 18.3. The lowest BCUT2D eigenvalue weighted by atomic mass is 10.1. The fourth-order valence-corrected chi connectivity index (χ4v) is 2.42. The summed E-state index contributed by atoms with van der Waals surface area (Å²) in [5.74, 6) is 0.449. The Morgan fingerprint density at radius 1 is 1.04 bits per heavy atom. The van der Waals surface area contributed by atoms with Crippen molar-refractivity contribution in [1.82, 2.24) is 15.5 Å². The molecule has 0 fully saturated rings. The molecule has 1 aromatic heterocycles. The van der Waals surface area contributed by atoms with E-state index in [1.807, 2.05) is 24.3 Å². The maximum Gasteiger partial charge on any atom is 0.271 e. The molecule has 0 aliphatic heterocycles. The number of carbonyl (C=O) groups excluding carboxylic acids is 1. The molecule has 0 aliphatic rings. The molecule has 2 N–H and O–H groups in total. The summed E-state index contributed by atoms with van der Waals surface area (Å²) >= 11 is 0. The van der Waals surface area contributed by atoms with E-state index in [0.717, 1.165) is 11.3 Å². The van der Waals surface area contributed by atoms with Crippen LogP contribution in [-0.4, -0.2) is 29.8 Å². The highest BCUT2D eigenvalue weighted by Gasteiger charge is 2.09. The Bertz CT molecular complexity index is 899. The third-order valence-electron chi connectivity index (χ3n) is 3.89. The van der Waals surface area contributed by atoms with Crippen molar-refractivity contribution in [2.75, 3.05) is 19.0 Å². The number of para-hydroxylation sites is 1. The lowest BCUT2D eigenvalue weighted by molar-refractivity contribution is 0.0948. The van der Waals surface area contributed by atoms with Crippen LogP contribution in [0.5, 0.6) is 5.75 Å². The van der Waals surface area contributed by atoms with E-state index in [9.17, 15) is 9.18 Å². The van der Waals surface area contributed by atoms with Gasteiger partial charge in [-0.05, 0) is 48.4 Å². The van der Waals surface area contributed by atoms with Crippen LogP contribution in [0.15, 0.2) is 60.7 Å². The smallest absolute Gasteiger partial charge is 0.271 e. The number of amides is 1. The van der Waals surface area contributed by atoms with Crippen molar-refractivity contribution in [3.63, 3.8) is 0 Å². The maximum atomic E-state index is 13.6. The highest BCUT2D eigenvalue weighted by Crippen LogP contribution is 2.17. The van der Waals surface area contributed by atoms with Crippen molar-refractivity contribution < 1.29 is 13.9 Å². The fourth-order valence-electron chi connectivity index (χ4n) is 2.42.